The van der Waals surface area contributed by atoms with Crippen molar-refractivity contribution in [2.24, 2.45) is 0 Å². The standard InChI is InChI=1S/C19H22N2O5S/c1-27(23,24)18-4-2-3-17(12-18)26-16-7-5-14(6-8-16)21-19(22)11-15-13-25-10-9-20-15/h2-8,12,15,20H,9-11,13H2,1H3,(H,21,22). The predicted molar refractivity (Wildman–Crippen MR) is 102 cm³/mol. The van der Waals surface area contributed by atoms with Gasteiger partial charge in [0.1, 0.15) is 11.5 Å². The van der Waals surface area contributed by atoms with Gasteiger partial charge in [0.05, 0.1) is 18.1 Å². The van der Waals surface area contributed by atoms with Gasteiger partial charge in [0, 0.05) is 31.0 Å². The largest absolute Gasteiger partial charge is 0.457 e. The number of hydrogen-bond acceptors (Lipinski definition) is 6. The zero-order chi connectivity index (χ0) is 19.3. The predicted octanol–water partition coefficient (Wildman–Crippen LogP) is 2.20. The summed E-state index contributed by atoms with van der Waals surface area (Å²) in [5.41, 5.74) is 0.661. The smallest absolute Gasteiger partial charge is 0.226 e. The first-order valence-electron chi connectivity index (χ1n) is 8.59. The molecule has 1 atom stereocenters. The molecule has 1 fully saturated rings. The monoisotopic (exact) mass is 390 g/mol. The molecule has 0 bridgehead atoms. The van der Waals surface area contributed by atoms with Gasteiger partial charge in [-0.05, 0) is 42.5 Å². The van der Waals surface area contributed by atoms with Crippen LogP contribution in [0.4, 0.5) is 5.69 Å². The van der Waals surface area contributed by atoms with Gasteiger partial charge in [-0.25, -0.2) is 8.42 Å². The van der Waals surface area contributed by atoms with Crippen molar-refractivity contribution in [1.29, 1.82) is 0 Å². The molecule has 0 saturated carbocycles. The normalized spacial score (nSPS) is 17.3. The molecule has 2 N–H and O–H groups in total. The SMILES string of the molecule is CS(=O)(=O)c1cccc(Oc2ccc(NC(=O)CC3COCCN3)cc2)c1. The van der Waals surface area contributed by atoms with Crippen molar-refractivity contribution in [3.8, 4) is 11.5 Å². The van der Waals surface area contributed by atoms with Crippen LogP contribution in [0.2, 0.25) is 0 Å². The van der Waals surface area contributed by atoms with Crippen LogP contribution in [0.25, 0.3) is 0 Å². The minimum absolute atomic E-state index is 0.0310. The second-order valence-corrected chi connectivity index (χ2v) is 8.37. The van der Waals surface area contributed by atoms with Crippen molar-refractivity contribution >= 4 is 21.4 Å². The lowest BCUT2D eigenvalue weighted by Gasteiger charge is -2.23. The number of amides is 1. The van der Waals surface area contributed by atoms with E-state index in [9.17, 15) is 13.2 Å². The van der Waals surface area contributed by atoms with E-state index < -0.39 is 9.84 Å². The van der Waals surface area contributed by atoms with E-state index in [4.69, 9.17) is 9.47 Å². The van der Waals surface area contributed by atoms with Crippen LogP contribution in [0.5, 0.6) is 11.5 Å². The fourth-order valence-electron chi connectivity index (χ4n) is 2.70. The minimum Gasteiger partial charge on any atom is -0.457 e. The highest BCUT2D eigenvalue weighted by Crippen LogP contribution is 2.25. The van der Waals surface area contributed by atoms with Crippen LogP contribution >= 0.6 is 0 Å². The summed E-state index contributed by atoms with van der Waals surface area (Å²) in [6, 6.07) is 13.2. The van der Waals surface area contributed by atoms with Crippen LogP contribution in [0.15, 0.2) is 53.4 Å². The summed E-state index contributed by atoms with van der Waals surface area (Å²) in [7, 11) is -3.29. The summed E-state index contributed by atoms with van der Waals surface area (Å²) in [5, 5.41) is 6.08. The third-order valence-corrected chi connectivity index (χ3v) is 5.15. The molecule has 7 nitrogen and oxygen atoms in total. The average molecular weight is 390 g/mol. The van der Waals surface area contributed by atoms with Gasteiger partial charge in [-0.3, -0.25) is 4.79 Å². The topological polar surface area (TPSA) is 93.7 Å². The van der Waals surface area contributed by atoms with Crippen molar-refractivity contribution in [2.45, 2.75) is 17.4 Å². The second kappa shape index (κ2) is 8.51. The lowest BCUT2D eigenvalue weighted by Crippen LogP contribution is -2.43. The maximum atomic E-state index is 12.1. The van der Waals surface area contributed by atoms with Crippen LogP contribution < -0.4 is 15.4 Å². The first-order chi connectivity index (χ1) is 12.9. The van der Waals surface area contributed by atoms with Gasteiger partial charge in [-0.1, -0.05) is 6.07 Å². The van der Waals surface area contributed by atoms with E-state index in [0.717, 1.165) is 12.8 Å². The molecule has 27 heavy (non-hydrogen) atoms. The molecule has 3 rings (SSSR count). The third kappa shape index (κ3) is 5.78. The number of carbonyl (C=O) groups is 1. The van der Waals surface area contributed by atoms with Crippen LogP contribution in [-0.2, 0) is 19.4 Å². The number of carbonyl (C=O) groups excluding carboxylic acids is 1. The van der Waals surface area contributed by atoms with Gasteiger partial charge in [-0.15, -0.1) is 0 Å². The summed E-state index contributed by atoms with van der Waals surface area (Å²) in [4.78, 5) is 12.3. The van der Waals surface area contributed by atoms with Crippen molar-refractivity contribution in [3.63, 3.8) is 0 Å². The summed E-state index contributed by atoms with van der Waals surface area (Å²) >= 11 is 0. The molecule has 1 unspecified atom stereocenters. The van der Waals surface area contributed by atoms with Crippen LogP contribution in [0.1, 0.15) is 6.42 Å². The zero-order valence-electron chi connectivity index (χ0n) is 15.0. The fraction of sp³-hybridized carbons (Fsp3) is 0.316. The highest BCUT2D eigenvalue weighted by atomic mass is 32.2. The Morgan fingerprint density at radius 3 is 2.67 bits per heavy atom. The molecule has 0 aromatic heterocycles. The van der Waals surface area contributed by atoms with Gasteiger partial charge >= 0.3 is 0 Å². The third-order valence-electron chi connectivity index (χ3n) is 4.04. The Hall–Kier alpha value is -2.42. The number of benzene rings is 2. The molecule has 2 aromatic rings. The Kier molecular flexibility index (Phi) is 6.10. The molecule has 0 aliphatic carbocycles. The quantitative estimate of drug-likeness (QED) is 0.785. The summed E-state index contributed by atoms with van der Waals surface area (Å²) in [6.07, 6.45) is 1.50. The summed E-state index contributed by atoms with van der Waals surface area (Å²) < 4.78 is 34.3. The van der Waals surface area contributed by atoms with Crippen LogP contribution in [0, 0.1) is 0 Å². The van der Waals surface area contributed by atoms with E-state index >= 15 is 0 Å². The van der Waals surface area contributed by atoms with E-state index in [1.54, 1.807) is 36.4 Å². The maximum absolute atomic E-state index is 12.1. The molecule has 1 heterocycles. The Labute approximate surface area is 158 Å². The highest BCUT2D eigenvalue weighted by molar-refractivity contribution is 7.90. The van der Waals surface area contributed by atoms with E-state index in [1.807, 2.05) is 0 Å². The maximum Gasteiger partial charge on any atom is 0.226 e. The van der Waals surface area contributed by atoms with Crippen molar-refractivity contribution in [2.75, 3.05) is 31.3 Å². The number of nitrogens with one attached hydrogen (secondary N) is 2. The second-order valence-electron chi connectivity index (χ2n) is 6.35. The van der Waals surface area contributed by atoms with Gasteiger partial charge in [0.2, 0.25) is 5.91 Å². The molecule has 2 aromatic carbocycles. The van der Waals surface area contributed by atoms with Crippen molar-refractivity contribution in [3.05, 3.63) is 48.5 Å². The number of rotatable bonds is 6. The Morgan fingerprint density at radius 1 is 1.22 bits per heavy atom. The first-order valence-corrected chi connectivity index (χ1v) is 10.5. The Balaban J connectivity index is 1.58. The molecule has 0 radical (unpaired) electrons. The van der Waals surface area contributed by atoms with Gasteiger partial charge < -0.3 is 20.1 Å². The Morgan fingerprint density at radius 2 is 2.00 bits per heavy atom. The lowest BCUT2D eigenvalue weighted by atomic mass is 10.2. The zero-order valence-corrected chi connectivity index (χ0v) is 15.8. The first kappa shape index (κ1) is 19.3. The number of sulfone groups is 1. The lowest BCUT2D eigenvalue weighted by molar-refractivity contribution is -0.117. The summed E-state index contributed by atoms with van der Waals surface area (Å²) in [6.45, 7) is 1.96. The van der Waals surface area contributed by atoms with E-state index in [-0.39, 0.29) is 16.8 Å². The Bertz CT molecular complexity index is 891. The van der Waals surface area contributed by atoms with E-state index in [0.29, 0.717) is 36.8 Å². The number of ether oxygens (including phenoxy) is 2. The van der Waals surface area contributed by atoms with Crippen LogP contribution in [0.3, 0.4) is 0 Å². The molecule has 1 amide bonds. The minimum atomic E-state index is -3.29. The number of hydrogen-bond donors (Lipinski definition) is 2. The van der Waals surface area contributed by atoms with Gasteiger partial charge in [0.25, 0.3) is 0 Å². The van der Waals surface area contributed by atoms with Crippen LogP contribution in [-0.4, -0.2) is 46.4 Å². The molecular formula is C19H22N2O5S. The van der Waals surface area contributed by atoms with Gasteiger partial charge in [0.15, 0.2) is 9.84 Å². The molecule has 144 valence electrons. The molecule has 8 heteroatoms. The highest BCUT2D eigenvalue weighted by Gasteiger charge is 2.17. The fourth-order valence-corrected chi connectivity index (χ4v) is 3.35. The summed E-state index contributed by atoms with van der Waals surface area (Å²) in [5.74, 6) is 0.881. The molecule has 1 saturated heterocycles. The number of anilines is 1. The van der Waals surface area contributed by atoms with Crippen molar-refractivity contribution < 1.29 is 22.7 Å². The van der Waals surface area contributed by atoms with E-state index in [1.165, 1.54) is 12.1 Å². The van der Waals surface area contributed by atoms with Crippen molar-refractivity contribution in [1.82, 2.24) is 5.32 Å². The number of morpholine rings is 1. The molecule has 0 spiro atoms. The molecule has 1 aliphatic rings. The molecular weight excluding hydrogens is 368 g/mol. The van der Waals surface area contributed by atoms with Gasteiger partial charge in [-0.2, -0.15) is 0 Å². The van der Waals surface area contributed by atoms with E-state index in [2.05, 4.69) is 10.6 Å². The average Bonchev–Trinajstić information content (AvgIpc) is 2.64. The molecule has 1 aliphatic heterocycles.